The van der Waals surface area contributed by atoms with Gasteiger partial charge in [-0.15, -0.1) is 0 Å². The summed E-state index contributed by atoms with van der Waals surface area (Å²) in [6.45, 7) is 4.60. The van der Waals surface area contributed by atoms with Crippen LogP contribution in [-0.4, -0.2) is 0 Å². The Bertz CT molecular complexity index is 512. The summed E-state index contributed by atoms with van der Waals surface area (Å²) in [6, 6.07) is 15.7. The lowest BCUT2D eigenvalue weighted by molar-refractivity contribution is 0.422. The maximum Gasteiger partial charge on any atom is -0.0181 e. The van der Waals surface area contributed by atoms with Gasteiger partial charge in [-0.1, -0.05) is 94.8 Å². The van der Waals surface area contributed by atoms with Crippen molar-refractivity contribution < 1.29 is 0 Å². The number of unbranched alkanes of at least 4 members (excludes halogenated alkanes) is 2. The van der Waals surface area contributed by atoms with Crippen LogP contribution < -0.4 is 0 Å². The molecule has 0 saturated carbocycles. The number of benzene rings is 2. The van der Waals surface area contributed by atoms with Crippen molar-refractivity contribution in [3.05, 3.63) is 48.0 Å². The first-order valence-corrected chi connectivity index (χ1v) is 8.31. The summed E-state index contributed by atoms with van der Waals surface area (Å²) in [7, 11) is 0. The van der Waals surface area contributed by atoms with Crippen molar-refractivity contribution in [2.24, 2.45) is 5.92 Å². The lowest BCUT2D eigenvalue weighted by Crippen LogP contribution is -2.04. The van der Waals surface area contributed by atoms with Gasteiger partial charge in [0.2, 0.25) is 0 Å². The van der Waals surface area contributed by atoms with Crippen LogP contribution in [0.2, 0.25) is 0 Å². The largest absolute Gasteiger partial charge is 0.0654 e. The first kappa shape index (κ1) is 15.1. The Morgan fingerprint density at radius 2 is 1.60 bits per heavy atom. The molecule has 2 aromatic carbocycles. The highest BCUT2D eigenvalue weighted by molar-refractivity contribution is 5.82. The lowest BCUT2D eigenvalue weighted by Gasteiger charge is -2.16. The molecule has 0 aliphatic carbocycles. The maximum absolute atomic E-state index is 2.39. The number of hydrogen-bond donors (Lipinski definition) is 0. The van der Waals surface area contributed by atoms with E-state index in [0.29, 0.717) is 0 Å². The number of hydrogen-bond acceptors (Lipinski definition) is 0. The average Bonchev–Trinajstić information content (AvgIpc) is 2.47. The zero-order chi connectivity index (χ0) is 14.2. The van der Waals surface area contributed by atoms with E-state index in [4.69, 9.17) is 0 Å². The fourth-order valence-corrected chi connectivity index (χ4v) is 3.14. The summed E-state index contributed by atoms with van der Waals surface area (Å²) < 4.78 is 0. The molecular formula is C20H28. The molecule has 0 aliphatic heterocycles. The highest BCUT2D eigenvalue weighted by atomic mass is 14.1. The van der Waals surface area contributed by atoms with Crippen LogP contribution in [0.4, 0.5) is 0 Å². The van der Waals surface area contributed by atoms with Gasteiger partial charge in [-0.25, -0.2) is 0 Å². The van der Waals surface area contributed by atoms with Gasteiger partial charge in [0.05, 0.1) is 0 Å². The fourth-order valence-electron chi connectivity index (χ4n) is 3.14. The molecule has 0 amide bonds. The normalized spacial score (nSPS) is 12.7. The van der Waals surface area contributed by atoms with Gasteiger partial charge in [0.1, 0.15) is 0 Å². The van der Waals surface area contributed by atoms with Crippen molar-refractivity contribution in [2.75, 3.05) is 0 Å². The van der Waals surface area contributed by atoms with E-state index < -0.39 is 0 Å². The van der Waals surface area contributed by atoms with Crippen LogP contribution in [0.5, 0.6) is 0 Å². The summed E-state index contributed by atoms with van der Waals surface area (Å²) in [5, 5.41) is 2.74. The summed E-state index contributed by atoms with van der Waals surface area (Å²) in [5.74, 6) is 0.868. The molecule has 20 heavy (non-hydrogen) atoms. The van der Waals surface area contributed by atoms with Crippen LogP contribution >= 0.6 is 0 Å². The second-order valence-electron chi connectivity index (χ2n) is 6.04. The van der Waals surface area contributed by atoms with Crippen molar-refractivity contribution in [3.8, 4) is 0 Å². The highest BCUT2D eigenvalue weighted by Crippen LogP contribution is 2.23. The molecule has 0 spiro atoms. The van der Waals surface area contributed by atoms with E-state index in [0.717, 1.165) is 5.92 Å². The van der Waals surface area contributed by atoms with Gasteiger partial charge < -0.3 is 0 Å². The summed E-state index contributed by atoms with van der Waals surface area (Å²) in [4.78, 5) is 0. The monoisotopic (exact) mass is 268 g/mol. The Morgan fingerprint density at radius 3 is 2.35 bits per heavy atom. The summed E-state index contributed by atoms with van der Waals surface area (Å²) in [6.07, 6.45) is 9.44. The van der Waals surface area contributed by atoms with Crippen molar-refractivity contribution in [3.63, 3.8) is 0 Å². The van der Waals surface area contributed by atoms with Crippen molar-refractivity contribution in [1.82, 2.24) is 0 Å². The Morgan fingerprint density at radius 1 is 0.800 bits per heavy atom. The predicted molar refractivity (Wildman–Crippen MR) is 90.2 cm³/mol. The highest BCUT2D eigenvalue weighted by Gasteiger charge is 2.09. The molecule has 0 radical (unpaired) electrons. The van der Waals surface area contributed by atoms with Crippen molar-refractivity contribution >= 4 is 10.8 Å². The molecule has 2 rings (SSSR count). The molecule has 0 aliphatic rings. The van der Waals surface area contributed by atoms with Crippen LogP contribution in [0.3, 0.4) is 0 Å². The zero-order valence-electron chi connectivity index (χ0n) is 13.1. The smallest absolute Gasteiger partial charge is 0.0181 e. The third kappa shape index (κ3) is 4.37. The molecule has 0 bridgehead atoms. The molecule has 108 valence electrons. The molecule has 1 atom stereocenters. The fraction of sp³-hybridized carbons (Fsp3) is 0.500. The third-order valence-electron chi connectivity index (χ3n) is 4.25. The molecule has 0 fully saturated rings. The topological polar surface area (TPSA) is 0 Å². The molecule has 0 N–H and O–H groups in total. The van der Waals surface area contributed by atoms with E-state index in [1.807, 2.05) is 0 Å². The molecule has 0 saturated heterocycles. The van der Waals surface area contributed by atoms with Gasteiger partial charge in [0, 0.05) is 0 Å². The van der Waals surface area contributed by atoms with E-state index >= 15 is 0 Å². The Balaban J connectivity index is 2.03. The number of rotatable bonds is 8. The molecular weight excluding hydrogens is 240 g/mol. The van der Waals surface area contributed by atoms with Gasteiger partial charge in [0.15, 0.2) is 0 Å². The van der Waals surface area contributed by atoms with Gasteiger partial charge in [-0.05, 0) is 28.7 Å². The average molecular weight is 268 g/mol. The minimum absolute atomic E-state index is 0.868. The van der Waals surface area contributed by atoms with Crippen LogP contribution in [0.25, 0.3) is 10.8 Å². The second-order valence-corrected chi connectivity index (χ2v) is 6.04. The Labute approximate surface area is 124 Å². The minimum Gasteiger partial charge on any atom is -0.0654 e. The summed E-state index contributed by atoms with van der Waals surface area (Å²) >= 11 is 0. The van der Waals surface area contributed by atoms with Crippen molar-refractivity contribution in [1.29, 1.82) is 0 Å². The van der Waals surface area contributed by atoms with Crippen molar-refractivity contribution in [2.45, 2.75) is 58.8 Å². The van der Waals surface area contributed by atoms with E-state index in [-0.39, 0.29) is 0 Å². The SMILES string of the molecule is CCCCCC(CCC)Cc1ccc2ccccc2c1. The Hall–Kier alpha value is -1.30. The van der Waals surface area contributed by atoms with Crippen LogP contribution in [0, 0.1) is 5.92 Å². The molecule has 0 heteroatoms. The Kier molecular flexibility index (Phi) is 6.11. The van der Waals surface area contributed by atoms with E-state index in [2.05, 4.69) is 56.3 Å². The molecule has 1 unspecified atom stereocenters. The first-order valence-electron chi connectivity index (χ1n) is 8.31. The quantitative estimate of drug-likeness (QED) is 0.487. The maximum atomic E-state index is 2.39. The molecule has 2 aromatic rings. The van der Waals surface area contributed by atoms with Crippen LogP contribution in [0.15, 0.2) is 42.5 Å². The standard InChI is InChI=1S/C20H28/c1-3-5-6-10-17(9-4-2)15-18-13-14-19-11-7-8-12-20(19)16-18/h7-8,11-14,16-17H,3-6,9-10,15H2,1-2H3. The van der Waals surface area contributed by atoms with Gasteiger partial charge in [-0.3, -0.25) is 0 Å². The summed E-state index contributed by atoms with van der Waals surface area (Å²) in [5.41, 5.74) is 1.51. The third-order valence-corrected chi connectivity index (χ3v) is 4.25. The lowest BCUT2D eigenvalue weighted by atomic mass is 9.89. The van der Waals surface area contributed by atoms with Crippen LogP contribution in [0.1, 0.15) is 57.9 Å². The number of fused-ring (bicyclic) bond motifs is 1. The van der Waals surface area contributed by atoms with Gasteiger partial charge in [0.25, 0.3) is 0 Å². The molecule has 0 heterocycles. The van der Waals surface area contributed by atoms with E-state index in [1.54, 1.807) is 0 Å². The zero-order valence-corrected chi connectivity index (χ0v) is 13.1. The molecule has 0 nitrogen and oxygen atoms in total. The van der Waals surface area contributed by atoms with Gasteiger partial charge >= 0.3 is 0 Å². The van der Waals surface area contributed by atoms with Crippen LogP contribution in [-0.2, 0) is 6.42 Å². The minimum atomic E-state index is 0.868. The second kappa shape index (κ2) is 8.09. The van der Waals surface area contributed by atoms with E-state index in [1.165, 1.54) is 61.3 Å². The first-order chi connectivity index (χ1) is 9.83. The molecule has 0 aromatic heterocycles. The van der Waals surface area contributed by atoms with E-state index in [9.17, 15) is 0 Å². The van der Waals surface area contributed by atoms with Gasteiger partial charge in [-0.2, -0.15) is 0 Å². The predicted octanol–water partition coefficient (Wildman–Crippen LogP) is 6.38.